The highest BCUT2D eigenvalue weighted by Crippen LogP contribution is 2.25. The molecule has 0 spiro atoms. The summed E-state index contributed by atoms with van der Waals surface area (Å²) in [7, 11) is 0. The van der Waals surface area contributed by atoms with Gasteiger partial charge in [0, 0.05) is 24.2 Å². The van der Waals surface area contributed by atoms with Crippen LogP contribution in [0, 0.1) is 0 Å². The summed E-state index contributed by atoms with van der Waals surface area (Å²) in [5.41, 5.74) is 1.24. The van der Waals surface area contributed by atoms with Crippen LogP contribution < -0.4 is 5.32 Å². The molecular formula is C15H14N2S2. The molecule has 0 saturated heterocycles. The molecule has 0 atom stereocenters. The van der Waals surface area contributed by atoms with Gasteiger partial charge >= 0.3 is 0 Å². The average Bonchev–Trinajstić information content (AvgIpc) is 3.11. The molecule has 1 aromatic carbocycles. The molecule has 0 amide bonds. The number of nitrogens with zero attached hydrogens (tertiary/aromatic N) is 1. The third-order valence-electron chi connectivity index (χ3n) is 2.77. The van der Waals surface area contributed by atoms with Crippen molar-refractivity contribution in [1.29, 1.82) is 0 Å². The van der Waals surface area contributed by atoms with E-state index in [0.717, 1.165) is 18.1 Å². The first-order valence-electron chi connectivity index (χ1n) is 6.15. The lowest BCUT2D eigenvalue weighted by Crippen LogP contribution is -2.11. The van der Waals surface area contributed by atoms with E-state index in [-0.39, 0.29) is 0 Å². The first kappa shape index (κ1) is 12.5. The number of hydrogen-bond donors (Lipinski definition) is 1. The van der Waals surface area contributed by atoms with E-state index in [2.05, 4.69) is 52.1 Å². The van der Waals surface area contributed by atoms with Gasteiger partial charge in [0.25, 0.3) is 0 Å². The second-order valence-electron chi connectivity index (χ2n) is 4.17. The highest BCUT2D eigenvalue weighted by Gasteiger charge is 2.03. The summed E-state index contributed by atoms with van der Waals surface area (Å²) in [6.07, 6.45) is 1.96. The maximum Gasteiger partial charge on any atom is 0.107 e. The summed E-state index contributed by atoms with van der Waals surface area (Å²) >= 11 is 3.53. The minimum Gasteiger partial charge on any atom is -0.306 e. The summed E-state index contributed by atoms with van der Waals surface area (Å²) in [4.78, 5) is 7.06. The van der Waals surface area contributed by atoms with E-state index in [4.69, 9.17) is 0 Å². The van der Waals surface area contributed by atoms with Crippen LogP contribution in [0.4, 0.5) is 0 Å². The zero-order chi connectivity index (χ0) is 12.9. The Morgan fingerprint density at radius 3 is 2.68 bits per heavy atom. The zero-order valence-corrected chi connectivity index (χ0v) is 12.0. The average molecular weight is 286 g/mol. The predicted octanol–water partition coefficient (Wildman–Crippen LogP) is 4.16. The third-order valence-corrected chi connectivity index (χ3v) is 4.69. The summed E-state index contributed by atoms with van der Waals surface area (Å²) in [5, 5.41) is 6.67. The Kier molecular flexibility index (Phi) is 4.03. The topological polar surface area (TPSA) is 24.9 Å². The highest BCUT2D eigenvalue weighted by molar-refractivity contribution is 7.15. The van der Waals surface area contributed by atoms with Gasteiger partial charge in [0.1, 0.15) is 5.01 Å². The van der Waals surface area contributed by atoms with E-state index in [1.807, 2.05) is 12.3 Å². The second kappa shape index (κ2) is 6.10. The van der Waals surface area contributed by atoms with Crippen molar-refractivity contribution < 1.29 is 0 Å². The molecular weight excluding hydrogens is 272 g/mol. The quantitative estimate of drug-likeness (QED) is 0.761. The van der Waals surface area contributed by atoms with E-state index >= 15 is 0 Å². The zero-order valence-electron chi connectivity index (χ0n) is 10.4. The van der Waals surface area contributed by atoms with Gasteiger partial charge in [-0.1, -0.05) is 36.4 Å². The van der Waals surface area contributed by atoms with Gasteiger partial charge in [-0.05, 0) is 17.0 Å². The molecule has 0 unspecified atom stereocenters. The van der Waals surface area contributed by atoms with Gasteiger partial charge < -0.3 is 5.32 Å². The lowest BCUT2D eigenvalue weighted by atomic mass is 10.2. The molecule has 0 aliphatic heterocycles. The van der Waals surface area contributed by atoms with Gasteiger partial charge in [-0.3, -0.25) is 0 Å². The fourth-order valence-electron chi connectivity index (χ4n) is 1.83. The van der Waals surface area contributed by atoms with Crippen molar-refractivity contribution in [1.82, 2.24) is 10.3 Å². The number of benzene rings is 1. The summed E-state index contributed by atoms with van der Waals surface area (Å²) in [6.45, 7) is 1.74. The number of hydrogen-bond acceptors (Lipinski definition) is 4. The van der Waals surface area contributed by atoms with Crippen LogP contribution in [0.25, 0.3) is 10.4 Å². The van der Waals surface area contributed by atoms with Crippen molar-refractivity contribution in [3.63, 3.8) is 0 Å². The maximum atomic E-state index is 4.47. The van der Waals surface area contributed by atoms with Crippen molar-refractivity contribution in [2.75, 3.05) is 0 Å². The second-order valence-corrected chi connectivity index (χ2v) is 6.31. The molecule has 1 N–H and O–H groups in total. The Balaban J connectivity index is 1.59. The predicted molar refractivity (Wildman–Crippen MR) is 82.4 cm³/mol. The Hall–Kier alpha value is -1.49. The summed E-state index contributed by atoms with van der Waals surface area (Å²) in [5.74, 6) is 0. The first-order valence-corrected chi connectivity index (χ1v) is 7.84. The molecule has 96 valence electrons. The largest absolute Gasteiger partial charge is 0.306 e. The molecule has 0 bridgehead atoms. The number of thiophene rings is 1. The Morgan fingerprint density at radius 2 is 1.89 bits per heavy atom. The van der Waals surface area contributed by atoms with E-state index in [1.54, 1.807) is 22.7 Å². The minimum absolute atomic E-state index is 0.829. The molecule has 19 heavy (non-hydrogen) atoms. The number of thiazole rings is 1. The number of nitrogens with one attached hydrogen (secondary N) is 1. The smallest absolute Gasteiger partial charge is 0.107 e. The van der Waals surface area contributed by atoms with Crippen LogP contribution in [0.3, 0.4) is 0 Å². The molecule has 3 rings (SSSR count). The summed E-state index contributed by atoms with van der Waals surface area (Å²) < 4.78 is 0. The number of rotatable bonds is 5. The van der Waals surface area contributed by atoms with Gasteiger partial charge in [0.15, 0.2) is 0 Å². The van der Waals surface area contributed by atoms with Crippen LogP contribution >= 0.6 is 22.7 Å². The van der Waals surface area contributed by atoms with Gasteiger partial charge in [0.05, 0.1) is 4.88 Å². The molecule has 0 aliphatic carbocycles. The van der Waals surface area contributed by atoms with Crippen molar-refractivity contribution in [2.45, 2.75) is 13.1 Å². The fourth-order valence-corrected chi connectivity index (χ4v) is 3.40. The van der Waals surface area contributed by atoms with E-state index in [1.165, 1.54) is 15.3 Å². The Morgan fingerprint density at radius 1 is 1.00 bits per heavy atom. The van der Waals surface area contributed by atoms with E-state index < -0.39 is 0 Å². The van der Waals surface area contributed by atoms with Gasteiger partial charge in [0.2, 0.25) is 0 Å². The fraction of sp³-hybridized carbons (Fsp3) is 0.133. The van der Waals surface area contributed by atoms with Crippen LogP contribution in [-0.2, 0) is 13.1 Å². The molecule has 2 nitrogen and oxygen atoms in total. The first-order chi connectivity index (χ1) is 9.42. The number of aromatic nitrogens is 1. The van der Waals surface area contributed by atoms with Gasteiger partial charge in [-0.25, -0.2) is 4.98 Å². The van der Waals surface area contributed by atoms with Gasteiger partial charge in [-0.15, -0.1) is 22.7 Å². The molecule has 0 saturated carbocycles. The lowest BCUT2D eigenvalue weighted by molar-refractivity contribution is 0.697. The molecule has 3 aromatic rings. The monoisotopic (exact) mass is 286 g/mol. The van der Waals surface area contributed by atoms with Crippen molar-refractivity contribution in [2.24, 2.45) is 0 Å². The van der Waals surface area contributed by atoms with Crippen molar-refractivity contribution in [3.05, 3.63) is 63.9 Å². The van der Waals surface area contributed by atoms with Crippen LogP contribution in [0.15, 0.2) is 54.0 Å². The molecule has 0 aliphatic rings. The van der Waals surface area contributed by atoms with Crippen LogP contribution in [-0.4, -0.2) is 4.98 Å². The molecule has 2 heterocycles. The van der Waals surface area contributed by atoms with Crippen molar-refractivity contribution >= 4 is 22.7 Å². The lowest BCUT2D eigenvalue weighted by Gasteiger charge is -1.99. The van der Waals surface area contributed by atoms with Gasteiger partial charge in [-0.2, -0.15) is 0 Å². The molecule has 0 fully saturated rings. The minimum atomic E-state index is 0.829. The Bertz CT molecular complexity index is 615. The normalized spacial score (nSPS) is 10.7. The van der Waals surface area contributed by atoms with E-state index in [0.29, 0.717) is 0 Å². The molecule has 0 radical (unpaired) electrons. The van der Waals surface area contributed by atoms with Crippen LogP contribution in [0.5, 0.6) is 0 Å². The standard InChI is InChI=1S/C15H14N2S2/c1-2-5-12(6-3-1)14-10-17-15(19-14)11-16-9-13-7-4-8-18-13/h1-8,10,16H,9,11H2. The van der Waals surface area contributed by atoms with E-state index in [9.17, 15) is 0 Å². The third kappa shape index (κ3) is 3.29. The SMILES string of the molecule is c1ccc(-c2cnc(CNCc3cccs3)s2)cc1. The Labute approximate surface area is 120 Å². The molecule has 4 heteroatoms. The molecule has 2 aromatic heterocycles. The summed E-state index contributed by atoms with van der Waals surface area (Å²) in [6, 6.07) is 14.6. The van der Waals surface area contributed by atoms with Crippen LogP contribution in [0.2, 0.25) is 0 Å². The van der Waals surface area contributed by atoms with Crippen LogP contribution in [0.1, 0.15) is 9.88 Å². The highest BCUT2D eigenvalue weighted by atomic mass is 32.1. The van der Waals surface area contributed by atoms with Crippen molar-refractivity contribution in [3.8, 4) is 10.4 Å². The maximum absolute atomic E-state index is 4.47.